The molecule has 2 saturated heterocycles. The second-order valence-electron chi connectivity index (χ2n) is 7.22. The first-order chi connectivity index (χ1) is 13.8. The molecule has 0 bridgehead atoms. The molecule has 0 saturated carbocycles. The molecule has 2 atom stereocenters. The smallest absolute Gasteiger partial charge is 0.223 e. The molecule has 0 N–H and O–H groups in total. The van der Waals surface area contributed by atoms with Gasteiger partial charge in [0.15, 0.2) is 0 Å². The lowest BCUT2D eigenvalue weighted by Crippen LogP contribution is -1.98. The van der Waals surface area contributed by atoms with E-state index >= 15 is 0 Å². The summed E-state index contributed by atoms with van der Waals surface area (Å²) in [5.74, 6) is 1.73. The first kappa shape index (κ1) is 17.3. The van der Waals surface area contributed by atoms with Crippen molar-refractivity contribution >= 4 is 0 Å². The van der Waals surface area contributed by atoms with Gasteiger partial charge in [0.1, 0.15) is 24.7 Å². The van der Waals surface area contributed by atoms with Gasteiger partial charge in [-0.05, 0) is 59.4 Å². The Hall–Kier alpha value is -2.82. The summed E-state index contributed by atoms with van der Waals surface area (Å²) in [4.78, 5) is 0. The standard InChI is InChI=1S/C24H22O4/c1-2-20(14-22(3-1)28-24-16-26-24)13-18-6-4-17(5-7-18)12-19-8-10-21(11-9-19)27-23-15-25-23/h1-11,14,23-24H,12-13,15-16H2. The normalized spacial score (nSPS) is 19.9. The van der Waals surface area contributed by atoms with Gasteiger partial charge in [-0.3, -0.25) is 0 Å². The van der Waals surface area contributed by atoms with Crippen molar-refractivity contribution in [1.82, 2.24) is 0 Å². The molecule has 2 aliphatic heterocycles. The first-order valence-corrected chi connectivity index (χ1v) is 9.62. The van der Waals surface area contributed by atoms with E-state index in [2.05, 4.69) is 48.5 Å². The van der Waals surface area contributed by atoms with E-state index in [0.29, 0.717) is 13.2 Å². The molecular weight excluding hydrogens is 352 g/mol. The predicted molar refractivity (Wildman–Crippen MR) is 106 cm³/mol. The summed E-state index contributed by atoms with van der Waals surface area (Å²) in [5.41, 5.74) is 5.09. The van der Waals surface area contributed by atoms with Crippen molar-refractivity contribution < 1.29 is 18.9 Å². The van der Waals surface area contributed by atoms with E-state index in [0.717, 1.165) is 24.3 Å². The van der Waals surface area contributed by atoms with Gasteiger partial charge in [0.05, 0.1) is 0 Å². The zero-order chi connectivity index (χ0) is 18.8. The van der Waals surface area contributed by atoms with Crippen LogP contribution in [-0.2, 0) is 22.3 Å². The molecule has 142 valence electrons. The molecule has 2 unspecified atom stereocenters. The predicted octanol–water partition coefficient (Wildman–Crippen LogP) is 4.34. The van der Waals surface area contributed by atoms with Crippen molar-refractivity contribution in [2.75, 3.05) is 13.2 Å². The number of benzene rings is 3. The van der Waals surface area contributed by atoms with Crippen molar-refractivity contribution in [2.24, 2.45) is 0 Å². The summed E-state index contributed by atoms with van der Waals surface area (Å²) >= 11 is 0. The lowest BCUT2D eigenvalue weighted by atomic mass is 10.0. The molecule has 2 fully saturated rings. The Morgan fingerprint density at radius 3 is 1.68 bits per heavy atom. The maximum absolute atomic E-state index is 5.68. The number of hydrogen-bond donors (Lipinski definition) is 0. The van der Waals surface area contributed by atoms with Crippen LogP contribution in [0.3, 0.4) is 0 Å². The van der Waals surface area contributed by atoms with E-state index < -0.39 is 0 Å². The van der Waals surface area contributed by atoms with Crippen LogP contribution in [0.25, 0.3) is 0 Å². The average Bonchev–Trinajstić information content (AvgIpc) is 3.63. The lowest BCUT2D eigenvalue weighted by molar-refractivity contribution is 0.179. The maximum Gasteiger partial charge on any atom is 0.223 e. The summed E-state index contributed by atoms with van der Waals surface area (Å²) in [6.07, 6.45) is 1.69. The Kier molecular flexibility index (Phi) is 4.73. The van der Waals surface area contributed by atoms with Crippen LogP contribution in [-0.4, -0.2) is 25.8 Å². The average molecular weight is 374 g/mol. The Labute approximate surface area is 164 Å². The Bertz CT molecular complexity index is 926. The summed E-state index contributed by atoms with van der Waals surface area (Å²) in [6, 6.07) is 25.3. The van der Waals surface area contributed by atoms with Gasteiger partial charge in [-0.1, -0.05) is 48.5 Å². The van der Waals surface area contributed by atoms with Crippen LogP contribution < -0.4 is 9.47 Å². The van der Waals surface area contributed by atoms with Gasteiger partial charge in [0, 0.05) is 0 Å². The fourth-order valence-corrected chi connectivity index (χ4v) is 3.18. The van der Waals surface area contributed by atoms with E-state index in [1.165, 1.54) is 22.3 Å². The van der Waals surface area contributed by atoms with E-state index in [4.69, 9.17) is 18.9 Å². The van der Waals surface area contributed by atoms with E-state index in [1.807, 2.05) is 24.3 Å². The molecule has 2 heterocycles. The molecule has 4 heteroatoms. The lowest BCUT2D eigenvalue weighted by Gasteiger charge is -2.08. The largest absolute Gasteiger partial charge is 0.462 e. The second-order valence-corrected chi connectivity index (χ2v) is 7.22. The zero-order valence-corrected chi connectivity index (χ0v) is 15.5. The molecule has 0 aliphatic carbocycles. The number of rotatable bonds is 8. The topological polar surface area (TPSA) is 43.5 Å². The molecule has 2 aliphatic rings. The highest BCUT2D eigenvalue weighted by atomic mass is 16.8. The van der Waals surface area contributed by atoms with Crippen molar-refractivity contribution in [1.29, 1.82) is 0 Å². The highest BCUT2D eigenvalue weighted by Gasteiger charge is 2.25. The third kappa shape index (κ3) is 4.71. The molecule has 0 amide bonds. The minimum Gasteiger partial charge on any atom is -0.462 e. The summed E-state index contributed by atoms with van der Waals surface area (Å²) in [5, 5.41) is 0. The molecule has 4 nitrogen and oxygen atoms in total. The zero-order valence-electron chi connectivity index (χ0n) is 15.5. The molecule has 3 aromatic rings. The molecular formula is C24H22O4. The molecule has 28 heavy (non-hydrogen) atoms. The summed E-state index contributed by atoms with van der Waals surface area (Å²) in [7, 11) is 0. The fraction of sp³-hybridized carbons (Fsp3) is 0.250. The highest BCUT2D eigenvalue weighted by molar-refractivity contribution is 5.36. The molecule has 0 aromatic heterocycles. The van der Waals surface area contributed by atoms with Crippen molar-refractivity contribution in [3.05, 3.63) is 95.1 Å². The minimum absolute atomic E-state index is 0.0484. The summed E-state index contributed by atoms with van der Waals surface area (Å²) < 4.78 is 21.5. The molecule has 0 radical (unpaired) electrons. The van der Waals surface area contributed by atoms with Crippen LogP contribution in [0.1, 0.15) is 22.3 Å². The number of hydrogen-bond acceptors (Lipinski definition) is 4. The minimum atomic E-state index is -0.0581. The van der Waals surface area contributed by atoms with Gasteiger partial charge in [-0.25, -0.2) is 0 Å². The van der Waals surface area contributed by atoms with Crippen LogP contribution in [0.5, 0.6) is 11.5 Å². The van der Waals surface area contributed by atoms with Crippen LogP contribution in [0.15, 0.2) is 72.8 Å². The van der Waals surface area contributed by atoms with Crippen LogP contribution >= 0.6 is 0 Å². The van der Waals surface area contributed by atoms with Gasteiger partial charge in [0.25, 0.3) is 0 Å². The van der Waals surface area contributed by atoms with Gasteiger partial charge >= 0.3 is 0 Å². The first-order valence-electron chi connectivity index (χ1n) is 9.62. The van der Waals surface area contributed by atoms with E-state index in [1.54, 1.807) is 0 Å². The van der Waals surface area contributed by atoms with Gasteiger partial charge in [0.2, 0.25) is 12.6 Å². The third-order valence-electron chi connectivity index (χ3n) is 4.80. The highest BCUT2D eigenvalue weighted by Crippen LogP contribution is 2.23. The SMILES string of the molecule is c1cc(Cc2ccc(Cc3ccc(OC4CO4)cc3)cc2)cc(OC2CO2)c1. The Morgan fingerprint density at radius 2 is 1.11 bits per heavy atom. The molecule has 5 rings (SSSR count). The van der Waals surface area contributed by atoms with E-state index in [9.17, 15) is 0 Å². The van der Waals surface area contributed by atoms with Crippen molar-refractivity contribution in [3.8, 4) is 11.5 Å². The van der Waals surface area contributed by atoms with Crippen molar-refractivity contribution in [3.63, 3.8) is 0 Å². The van der Waals surface area contributed by atoms with Crippen molar-refractivity contribution in [2.45, 2.75) is 25.4 Å². The number of ether oxygens (including phenoxy) is 4. The van der Waals surface area contributed by atoms with Crippen LogP contribution in [0.2, 0.25) is 0 Å². The van der Waals surface area contributed by atoms with Gasteiger partial charge in [-0.15, -0.1) is 0 Å². The van der Waals surface area contributed by atoms with Crippen LogP contribution in [0, 0.1) is 0 Å². The molecule has 0 spiro atoms. The molecule has 3 aromatic carbocycles. The van der Waals surface area contributed by atoms with E-state index in [-0.39, 0.29) is 12.6 Å². The van der Waals surface area contributed by atoms with Crippen LogP contribution in [0.4, 0.5) is 0 Å². The quantitative estimate of drug-likeness (QED) is 0.550. The number of epoxide rings is 2. The fourth-order valence-electron chi connectivity index (χ4n) is 3.18. The van der Waals surface area contributed by atoms with Gasteiger partial charge < -0.3 is 18.9 Å². The third-order valence-corrected chi connectivity index (χ3v) is 4.80. The Morgan fingerprint density at radius 1 is 0.607 bits per heavy atom. The maximum atomic E-state index is 5.68. The Balaban J connectivity index is 1.19. The summed E-state index contributed by atoms with van der Waals surface area (Å²) in [6.45, 7) is 1.39. The van der Waals surface area contributed by atoms with Gasteiger partial charge in [-0.2, -0.15) is 0 Å². The monoisotopic (exact) mass is 374 g/mol. The second kappa shape index (κ2) is 7.66.